The van der Waals surface area contributed by atoms with Crippen molar-refractivity contribution in [2.24, 2.45) is 0 Å². The van der Waals surface area contributed by atoms with Gasteiger partial charge in [0.1, 0.15) is 0 Å². The first-order chi connectivity index (χ1) is 11.8. The molecule has 0 aliphatic carbocycles. The lowest BCUT2D eigenvalue weighted by Gasteiger charge is -2.07. The highest BCUT2D eigenvalue weighted by Crippen LogP contribution is 2.17. The second kappa shape index (κ2) is 10.6. The van der Waals surface area contributed by atoms with Crippen molar-refractivity contribution in [3.8, 4) is 5.75 Å². The van der Waals surface area contributed by atoms with Crippen molar-refractivity contribution in [3.05, 3.63) is 42.7 Å². The van der Waals surface area contributed by atoms with Gasteiger partial charge in [0, 0.05) is 17.1 Å². The molecule has 2 rings (SSSR count). The number of hydrogen-bond acceptors (Lipinski definition) is 5. The normalized spacial score (nSPS) is 10.4. The molecule has 0 spiro atoms. The van der Waals surface area contributed by atoms with Gasteiger partial charge >= 0.3 is 0 Å². The van der Waals surface area contributed by atoms with Crippen LogP contribution in [-0.2, 0) is 4.79 Å². The number of carbonyl (C=O) groups is 1. The Bertz CT molecular complexity index is 605. The molecule has 0 radical (unpaired) electrons. The van der Waals surface area contributed by atoms with Crippen LogP contribution in [-0.4, -0.2) is 28.2 Å². The minimum atomic E-state index is -0.0450. The molecule has 5 nitrogen and oxygen atoms in total. The van der Waals surface area contributed by atoms with Crippen LogP contribution < -0.4 is 10.1 Å². The SMILES string of the molecule is CCCCCC(=O)Nc1ncc(OCCSc2ccccc2)cn1. The zero-order valence-electron chi connectivity index (χ0n) is 13.9. The quantitative estimate of drug-likeness (QED) is 0.517. The van der Waals surface area contributed by atoms with Crippen LogP contribution in [0, 0.1) is 0 Å². The Balaban J connectivity index is 1.67. The number of nitrogens with one attached hydrogen (secondary N) is 1. The van der Waals surface area contributed by atoms with Gasteiger partial charge in [-0.3, -0.25) is 10.1 Å². The maximum atomic E-state index is 11.7. The van der Waals surface area contributed by atoms with Gasteiger partial charge in [0.25, 0.3) is 0 Å². The predicted molar refractivity (Wildman–Crippen MR) is 97.5 cm³/mol. The fraction of sp³-hybridized carbons (Fsp3) is 0.389. The number of unbranched alkanes of at least 4 members (excludes halogenated alkanes) is 2. The molecule has 1 amide bonds. The van der Waals surface area contributed by atoms with E-state index in [1.54, 1.807) is 24.2 Å². The van der Waals surface area contributed by atoms with E-state index in [1.807, 2.05) is 18.2 Å². The summed E-state index contributed by atoms with van der Waals surface area (Å²) in [6.07, 6.45) is 6.72. The standard InChI is InChI=1S/C18H23N3O2S/c1-2-3-5-10-17(22)21-18-19-13-15(14-20-18)23-11-12-24-16-8-6-4-7-9-16/h4,6-9,13-14H,2-3,5,10-12H2,1H3,(H,19,20,21,22). The van der Waals surface area contributed by atoms with E-state index in [1.165, 1.54) is 4.90 Å². The fourth-order valence-corrected chi connectivity index (χ4v) is 2.77. The fourth-order valence-electron chi connectivity index (χ4n) is 2.01. The number of amides is 1. The Labute approximate surface area is 147 Å². The predicted octanol–water partition coefficient (Wildman–Crippen LogP) is 4.17. The minimum absolute atomic E-state index is 0.0450. The van der Waals surface area contributed by atoms with E-state index in [2.05, 4.69) is 34.3 Å². The molecule has 0 saturated heterocycles. The molecule has 1 N–H and O–H groups in total. The number of anilines is 1. The maximum absolute atomic E-state index is 11.7. The molecule has 0 aliphatic rings. The van der Waals surface area contributed by atoms with E-state index in [4.69, 9.17) is 4.74 Å². The van der Waals surface area contributed by atoms with Gasteiger partial charge in [-0.15, -0.1) is 11.8 Å². The van der Waals surface area contributed by atoms with E-state index in [0.29, 0.717) is 24.7 Å². The Kier molecular flexibility index (Phi) is 8.10. The Morgan fingerprint density at radius 1 is 1.17 bits per heavy atom. The number of thioether (sulfide) groups is 1. The zero-order chi connectivity index (χ0) is 17.0. The second-order valence-electron chi connectivity index (χ2n) is 5.26. The summed E-state index contributed by atoms with van der Waals surface area (Å²) in [5, 5.41) is 2.70. The summed E-state index contributed by atoms with van der Waals surface area (Å²) in [7, 11) is 0. The summed E-state index contributed by atoms with van der Waals surface area (Å²) in [4.78, 5) is 21.1. The Morgan fingerprint density at radius 3 is 2.62 bits per heavy atom. The highest BCUT2D eigenvalue weighted by Gasteiger charge is 2.04. The molecular formula is C18H23N3O2S. The Morgan fingerprint density at radius 2 is 1.92 bits per heavy atom. The van der Waals surface area contributed by atoms with Gasteiger partial charge < -0.3 is 4.74 Å². The summed E-state index contributed by atoms with van der Waals surface area (Å²) < 4.78 is 5.61. The first-order valence-electron chi connectivity index (χ1n) is 8.20. The van der Waals surface area contributed by atoms with Gasteiger partial charge in [0.15, 0.2) is 5.75 Å². The summed E-state index contributed by atoms with van der Waals surface area (Å²) in [6, 6.07) is 10.2. The van der Waals surface area contributed by atoms with E-state index in [0.717, 1.165) is 25.0 Å². The molecule has 2 aromatic rings. The molecule has 0 atom stereocenters. The van der Waals surface area contributed by atoms with Gasteiger partial charge in [-0.05, 0) is 18.6 Å². The average Bonchev–Trinajstić information content (AvgIpc) is 2.61. The van der Waals surface area contributed by atoms with Gasteiger partial charge in [-0.25, -0.2) is 9.97 Å². The number of ether oxygens (including phenoxy) is 1. The smallest absolute Gasteiger partial charge is 0.229 e. The molecule has 1 aromatic carbocycles. The number of aromatic nitrogens is 2. The first kappa shape index (κ1) is 18.3. The minimum Gasteiger partial charge on any atom is -0.489 e. The summed E-state index contributed by atoms with van der Waals surface area (Å²) in [5.41, 5.74) is 0. The van der Waals surface area contributed by atoms with Crippen molar-refractivity contribution in [2.45, 2.75) is 37.5 Å². The van der Waals surface area contributed by atoms with Crippen LogP contribution in [0.25, 0.3) is 0 Å². The van der Waals surface area contributed by atoms with E-state index >= 15 is 0 Å². The van der Waals surface area contributed by atoms with Gasteiger partial charge in [-0.2, -0.15) is 0 Å². The topological polar surface area (TPSA) is 64.1 Å². The lowest BCUT2D eigenvalue weighted by Crippen LogP contribution is -2.13. The van der Waals surface area contributed by atoms with Gasteiger partial charge in [-0.1, -0.05) is 38.0 Å². The maximum Gasteiger partial charge on any atom is 0.229 e. The zero-order valence-corrected chi connectivity index (χ0v) is 14.7. The van der Waals surface area contributed by atoms with Crippen LogP contribution in [0.3, 0.4) is 0 Å². The third-order valence-corrected chi connectivity index (χ3v) is 4.23. The third kappa shape index (κ3) is 7.00. The van der Waals surface area contributed by atoms with Crippen LogP contribution in [0.2, 0.25) is 0 Å². The number of benzene rings is 1. The van der Waals surface area contributed by atoms with Crippen molar-refractivity contribution >= 4 is 23.6 Å². The molecule has 0 fully saturated rings. The highest BCUT2D eigenvalue weighted by molar-refractivity contribution is 7.99. The molecule has 128 valence electrons. The number of rotatable bonds is 10. The van der Waals surface area contributed by atoms with Crippen LogP contribution >= 0.6 is 11.8 Å². The molecule has 1 aromatic heterocycles. The Hall–Kier alpha value is -2.08. The second-order valence-corrected chi connectivity index (χ2v) is 6.43. The molecule has 24 heavy (non-hydrogen) atoms. The first-order valence-corrected chi connectivity index (χ1v) is 9.19. The number of hydrogen-bond donors (Lipinski definition) is 1. The lowest BCUT2D eigenvalue weighted by molar-refractivity contribution is -0.116. The molecule has 0 bridgehead atoms. The molecule has 1 heterocycles. The molecular weight excluding hydrogens is 322 g/mol. The molecule has 0 saturated carbocycles. The van der Waals surface area contributed by atoms with Crippen molar-refractivity contribution in [1.82, 2.24) is 9.97 Å². The van der Waals surface area contributed by atoms with Gasteiger partial charge in [0.05, 0.1) is 19.0 Å². The molecule has 0 aliphatic heterocycles. The van der Waals surface area contributed by atoms with Crippen molar-refractivity contribution in [1.29, 1.82) is 0 Å². The average molecular weight is 345 g/mol. The molecule has 6 heteroatoms. The van der Waals surface area contributed by atoms with Crippen LogP contribution in [0.4, 0.5) is 5.95 Å². The highest BCUT2D eigenvalue weighted by atomic mass is 32.2. The number of nitrogens with zero attached hydrogens (tertiary/aromatic N) is 2. The van der Waals surface area contributed by atoms with E-state index in [-0.39, 0.29) is 5.91 Å². The van der Waals surface area contributed by atoms with Gasteiger partial charge in [0.2, 0.25) is 11.9 Å². The summed E-state index contributed by atoms with van der Waals surface area (Å²) >= 11 is 1.74. The van der Waals surface area contributed by atoms with E-state index in [9.17, 15) is 4.79 Å². The van der Waals surface area contributed by atoms with Crippen LogP contribution in [0.5, 0.6) is 5.75 Å². The van der Waals surface area contributed by atoms with Crippen LogP contribution in [0.15, 0.2) is 47.6 Å². The monoisotopic (exact) mass is 345 g/mol. The van der Waals surface area contributed by atoms with Crippen LogP contribution in [0.1, 0.15) is 32.6 Å². The van der Waals surface area contributed by atoms with Crippen molar-refractivity contribution in [3.63, 3.8) is 0 Å². The summed E-state index contributed by atoms with van der Waals surface area (Å²) in [5.74, 6) is 1.73. The number of carbonyl (C=O) groups excluding carboxylic acids is 1. The third-order valence-electron chi connectivity index (χ3n) is 3.25. The van der Waals surface area contributed by atoms with Crippen molar-refractivity contribution < 1.29 is 9.53 Å². The van der Waals surface area contributed by atoms with E-state index < -0.39 is 0 Å². The lowest BCUT2D eigenvalue weighted by atomic mass is 10.2. The summed E-state index contributed by atoms with van der Waals surface area (Å²) in [6.45, 7) is 2.68. The van der Waals surface area contributed by atoms with Crippen molar-refractivity contribution in [2.75, 3.05) is 17.7 Å². The molecule has 0 unspecified atom stereocenters. The largest absolute Gasteiger partial charge is 0.489 e.